The lowest BCUT2D eigenvalue weighted by Gasteiger charge is -2.10. The Balaban J connectivity index is 2.12. The molecule has 0 heterocycles. The fraction of sp³-hybridized carbons (Fsp3) is 0.118. The number of hydrogen-bond donors (Lipinski definition) is 1. The lowest BCUT2D eigenvalue weighted by atomic mass is 10.2. The van der Waals surface area contributed by atoms with E-state index in [1.807, 2.05) is 0 Å². The molecule has 0 aliphatic rings. The molecule has 0 spiro atoms. The summed E-state index contributed by atoms with van der Waals surface area (Å²) in [5.74, 6) is -0.196. The number of rotatable bonds is 5. The highest BCUT2D eigenvalue weighted by molar-refractivity contribution is 9.10. The third kappa shape index (κ3) is 5.30. The van der Waals surface area contributed by atoms with Gasteiger partial charge in [0.15, 0.2) is 11.5 Å². The number of carbonyl (C=O) groups excluding carboxylic acids is 2. The van der Waals surface area contributed by atoms with E-state index in [1.165, 1.54) is 20.2 Å². The number of nitrogens with zero attached hydrogens (tertiary/aromatic N) is 1. The van der Waals surface area contributed by atoms with Gasteiger partial charge in [0.05, 0.1) is 17.8 Å². The van der Waals surface area contributed by atoms with Gasteiger partial charge in [0.2, 0.25) is 0 Å². The molecule has 0 radical (unpaired) electrons. The van der Waals surface area contributed by atoms with Gasteiger partial charge < -0.3 is 9.47 Å². The average molecular weight is 426 g/mol. The van der Waals surface area contributed by atoms with Crippen molar-refractivity contribution in [2.45, 2.75) is 6.92 Å². The Bertz CT molecular complexity index is 822. The molecule has 0 aromatic heterocycles. The zero-order valence-electron chi connectivity index (χ0n) is 13.4. The third-order valence-corrected chi connectivity index (χ3v) is 3.82. The van der Waals surface area contributed by atoms with Gasteiger partial charge in [0.25, 0.3) is 5.91 Å². The Morgan fingerprint density at radius 2 is 1.92 bits per heavy atom. The van der Waals surface area contributed by atoms with E-state index < -0.39 is 5.97 Å². The molecule has 1 N–H and O–H groups in total. The molecule has 0 aliphatic carbocycles. The maximum absolute atomic E-state index is 12.0. The molecule has 130 valence electrons. The maximum Gasteiger partial charge on any atom is 0.308 e. The van der Waals surface area contributed by atoms with E-state index in [9.17, 15) is 9.59 Å². The lowest BCUT2D eigenvalue weighted by molar-refractivity contribution is -0.132. The first-order valence-corrected chi connectivity index (χ1v) is 8.22. The van der Waals surface area contributed by atoms with Crippen molar-refractivity contribution in [1.82, 2.24) is 5.43 Å². The van der Waals surface area contributed by atoms with E-state index in [4.69, 9.17) is 21.1 Å². The average Bonchev–Trinajstić information content (AvgIpc) is 2.57. The highest BCUT2D eigenvalue weighted by atomic mass is 79.9. The highest BCUT2D eigenvalue weighted by Gasteiger charge is 2.13. The van der Waals surface area contributed by atoms with Crippen LogP contribution in [0.3, 0.4) is 0 Å². The first kappa shape index (κ1) is 19.0. The number of hydrogen-bond acceptors (Lipinski definition) is 5. The summed E-state index contributed by atoms with van der Waals surface area (Å²) in [5, 5.41) is 4.45. The van der Waals surface area contributed by atoms with E-state index in [2.05, 4.69) is 26.5 Å². The Hall–Kier alpha value is -2.38. The summed E-state index contributed by atoms with van der Waals surface area (Å²) in [6, 6.07) is 9.74. The van der Waals surface area contributed by atoms with Crippen molar-refractivity contribution in [1.29, 1.82) is 0 Å². The minimum Gasteiger partial charge on any atom is -0.493 e. The van der Waals surface area contributed by atoms with Crippen LogP contribution >= 0.6 is 27.5 Å². The second kappa shape index (κ2) is 8.64. The van der Waals surface area contributed by atoms with Crippen LogP contribution < -0.4 is 14.9 Å². The number of halogens is 2. The van der Waals surface area contributed by atoms with Crippen LogP contribution in [0, 0.1) is 0 Å². The Morgan fingerprint density at radius 1 is 1.24 bits per heavy atom. The van der Waals surface area contributed by atoms with Crippen LogP contribution in [0.2, 0.25) is 5.02 Å². The van der Waals surface area contributed by atoms with Gasteiger partial charge in [0, 0.05) is 17.5 Å². The SMILES string of the molecule is COc1cc(/C=N\NC(=O)c2ccc(Cl)cc2)cc(Br)c1OC(C)=O. The number of esters is 1. The summed E-state index contributed by atoms with van der Waals surface area (Å²) in [6.07, 6.45) is 1.44. The molecule has 0 unspecified atom stereocenters. The van der Waals surface area contributed by atoms with Gasteiger partial charge in [0.1, 0.15) is 0 Å². The van der Waals surface area contributed by atoms with E-state index in [0.717, 1.165) is 0 Å². The maximum atomic E-state index is 12.0. The van der Waals surface area contributed by atoms with Crippen molar-refractivity contribution < 1.29 is 19.1 Å². The molecule has 6 nitrogen and oxygen atoms in total. The fourth-order valence-corrected chi connectivity index (χ4v) is 2.55. The fourth-order valence-electron chi connectivity index (χ4n) is 1.89. The number of amides is 1. The molecule has 2 rings (SSSR count). The van der Waals surface area contributed by atoms with E-state index in [1.54, 1.807) is 36.4 Å². The van der Waals surface area contributed by atoms with Crippen LogP contribution in [0.4, 0.5) is 0 Å². The number of carbonyl (C=O) groups is 2. The van der Waals surface area contributed by atoms with Crippen molar-refractivity contribution in [3.05, 3.63) is 57.0 Å². The summed E-state index contributed by atoms with van der Waals surface area (Å²) in [4.78, 5) is 23.1. The molecular weight excluding hydrogens is 412 g/mol. The minimum absolute atomic E-state index is 0.275. The molecule has 0 saturated carbocycles. The van der Waals surface area contributed by atoms with Gasteiger partial charge in [-0.3, -0.25) is 9.59 Å². The second-order valence-corrected chi connectivity index (χ2v) is 6.12. The first-order chi connectivity index (χ1) is 11.9. The Morgan fingerprint density at radius 3 is 2.52 bits per heavy atom. The minimum atomic E-state index is -0.462. The summed E-state index contributed by atoms with van der Waals surface area (Å²) in [5.41, 5.74) is 3.49. The lowest BCUT2D eigenvalue weighted by Crippen LogP contribution is -2.17. The van der Waals surface area contributed by atoms with Crippen LogP contribution in [0.25, 0.3) is 0 Å². The molecule has 2 aromatic carbocycles. The summed E-state index contributed by atoms with van der Waals surface area (Å²) < 4.78 is 10.8. The summed E-state index contributed by atoms with van der Waals surface area (Å²) in [7, 11) is 1.46. The number of nitrogens with one attached hydrogen (secondary N) is 1. The summed E-state index contributed by atoms with van der Waals surface area (Å²) in [6.45, 7) is 1.30. The first-order valence-electron chi connectivity index (χ1n) is 7.05. The van der Waals surface area contributed by atoms with E-state index in [0.29, 0.717) is 26.4 Å². The quantitative estimate of drug-likeness (QED) is 0.342. The molecule has 0 aliphatic heterocycles. The zero-order valence-corrected chi connectivity index (χ0v) is 15.7. The second-order valence-electron chi connectivity index (χ2n) is 4.83. The third-order valence-electron chi connectivity index (χ3n) is 2.98. The Labute approximate surface area is 157 Å². The van der Waals surface area contributed by atoms with Gasteiger partial charge >= 0.3 is 5.97 Å². The van der Waals surface area contributed by atoms with Crippen molar-refractivity contribution in [3.63, 3.8) is 0 Å². The molecule has 0 bridgehead atoms. The predicted octanol–water partition coefficient (Wildman–Crippen LogP) is 3.80. The topological polar surface area (TPSA) is 77.0 Å². The van der Waals surface area contributed by atoms with E-state index in [-0.39, 0.29) is 11.7 Å². The van der Waals surface area contributed by atoms with Gasteiger partial charge in [-0.1, -0.05) is 11.6 Å². The van der Waals surface area contributed by atoms with Gasteiger partial charge in [-0.15, -0.1) is 0 Å². The monoisotopic (exact) mass is 424 g/mol. The van der Waals surface area contributed by atoms with Crippen molar-refractivity contribution in [2.24, 2.45) is 5.10 Å². The number of hydrazone groups is 1. The van der Waals surface area contributed by atoms with Crippen molar-refractivity contribution >= 4 is 45.6 Å². The molecule has 8 heteroatoms. The number of methoxy groups -OCH3 is 1. The van der Waals surface area contributed by atoms with Crippen LogP contribution in [-0.4, -0.2) is 25.2 Å². The largest absolute Gasteiger partial charge is 0.493 e. The molecule has 25 heavy (non-hydrogen) atoms. The molecule has 0 saturated heterocycles. The van der Waals surface area contributed by atoms with Crippen LogP contribution in [0.1, 0.15) is 22.8 Å². The smallest absolute Gasteiger partial charge is 0.308 e. The molecule has 0 fully saturated rings. The van der Waals surface area contributed by atoms with Crippen LogP contribution in [0.15, 0.2) is 46.0 Å². The molecule has 0 atom stereocenters. The normalized spacial score (nSPS) is 10.6. The molecular formula is C17H14BrClN2O4. The van der Waals surface area contributed by atoms with Crippen molar-refractivity contribution in [3.8, 4) is 11.5 Å². The highest BCUT2D eigenvalue weighted by Crippen LogP contribution is 2.36. The number of ether oxygens (including phenoxy) is 2. The van der Waals surface area contributed by atoms with E-state index >= 15 is 0 Å². The van der Waals surface area contributed by atoms with Gasteiger partial charge in [-0.2, -0.15) is 5.10 Å². The van der Waals surface area contributed by atoms with Crippen LogP contribution in [-0.2, 0) is 4.79 Å². The summed E-state index contributed by atoms with van der Waals surface area (Å²) >= 11 is 9.09. The van der Waals surface area contributed by atoms with Crippen LogP contribution in [0.5, 0.6) is 11.5 Å². The molecule has 1 amide bonds. The molecule has 2 aromatic rings. The number of benzene rings is 2. The standard InChI is InChI=1S/C17H14BrClN2O4/c1-10(22)25-16-14(18)7-11(8-15(16)24-2)9-20-21-17(23)12-3-5-13(19)6-4-12/h3-9H,1-2H3,(H,21,23)/b20-9-. The Kier molecular flexibility index (Phi) is 6.55. The van der Waals surface area contributed by atoms with Gasteiger partial charge in [-0.05, 0) is 57.9 Å². The van der Waals surface area contributed by atoms with Crippen molar-refractivity contribution in [2.75, 3.05) is 7.11 Å². The predicted molar refractivity (Wildman–Crippen MR) is 98.5 cm³/mol. The van der Waals surface area contributed by atoms with Gasteiger partial charge in [-0.25, -0.2) is 5.43 Å². The zero-order chi connectivity index (χ0) is 18.4.